The van der Waals surface area contributed by atoms with Crippen LogP contribution in [-0.2, 0) is 0 Å². The van der Waals surface area contributed by atoms with Gasteiger partial charge in [-0.1, -0.05) is 35.3 Å². The van der Waals surface area contributed by atoms with E-state index >= 15 is 0 Å². The summed E-state index contributed by atoms with van der Waals surface area (Å²) in [7, 11) is 0. The molecule has 2 aromatic rings. The number of nitrogens with zero attached hydrogens (tertiary/aromatic N) is 1. The molecule has 0 heterocycles. The summed E-state index contributed by atoms with van der Waals surface area (Å²) in [6.07, 6.45) is 1.60. The number of hydrogen-bond donors (Lipinski definition) is 2. The van der Waals surface area contributed by atoms with Crippen molar-refractivity contribution in [2.24, 2.45) is 5.10 Å². The molecule has 4 nitrogen and oxygen atoms in total. The molecular formula is C14H10Cl2N2O2. The van der Waals surface area contributed by atoms with Crippen LogP contribution in [0, 0.1) is 0 Å². The number of carbonyl (C=O) groups is 1. The maximum atomic E-state index is 10.9. The third-order valence-electron chi connectivity index (χ3n) is 2.47. The van der Waals surface area contributed by atoms with E-state index in [4.69, 9.17) is 28.3 Å². The van der Waals surface area contributed by atoms with E-state index in [0.29, 0.717) is 10.7 Å². The summed E-state index contributed by atoms with van der Waals surface area (Å²) in [6, 6.07) is 11.7. The molecule has 0 spiro atoms. The Kier molecular flexibility index (Phi) is 4.61. The fourth-order valence-electron chi connectivity index (χ4n) is 1.49. The van der Waals surface area contributed by atoms with Crippen LogP contribution in [-0.4, -0.2) is 17.3 Å². The first-order chi connectivity index (χ1) is 9.56. The van der Waals surface area contributed by atoms with Gasteiger partial charge in [-0.3, -0.25) is 5.43 Å². The van der Waals surface area contributed by atoms with Crippen molar-refractivity contribution in [1.82, 2.24) is 0 Å². The van der Waals surface area contributed by atoms with Crippen molar-refractivity contribution in [2.75, 3.05) is 5.43 Å². The number of benzene rings is 2. The van der Waals surface area contributed by atoms with Gasteiger partial charge in [0.25, 0.3) is 0 Å². The molecule has 0 radical (unpaired) electrons. The van der Waals surface area contributed by atoms with Crippen LogP contribution in [0.15, 0.2) is 47.6 Å². The predicted molar refractivity (Wildman–Crippen MR) is 81.1 cm³/mol. The second kappa shape index (κ2) is 6.41. The zero-order valence-electron chi connectivity index (χ0n) is 10.2. The van der Waals surface area contributed by atoms with Crippen LogP contribution in [0.5, 0.6) is 0 Å². The van der Waals surface area contributed by atoms with Gasteiger partial charge >= 0.3 is 5.97 Å². The van der Waals surface area contributed by atoms with Crippen molar-refractivity contribution >= 4 is 41.1 Å². The Bertz CT molecular complexity index is 655. The Morgan fingerprint density at radius 1 is 1.15 bits per heavy atom. The quantitative estimate of drug-likeness (QED) is 0.659. The van der Waals surface area contributed by atoms with Crippen LogP contribution in [0.1, 0.15) is 15.9 Å². The highest BCUT2D eigenvalue weighted by atomic mass is 35.5. The zero-order valence-corrected chi connectivity index (χ0v) is 11.7. The predicted octanol–water partition coefficient (Wildman–Crippen LogP) is 4.14. The van der Waals surface area contributed by atoms with Crippen molar-refractivity contribution in [3.63, 3.8) is 0 Å². The molecule has 0 bridgehead atoms. The number of halogens is 2. The van der Waals surface area contributed by atoms with Crippen molar-refractivity contribution in [3.05, 3.63) is 63.6 Å². The summed E-state index contributed by atoms with van der Waals surface area (Å²) in [6.45, 7) is 0. The van der Waals surface area contributed by atoms with Crippen LogP contribution in [0.2, 0.25) is 10.0 Å². The second-order valence-electron chi connectivity index (χ2n) is 3.92. The Hall–Kier alpha value is -2.04. The first-order valence-electron chi connectivity index (χ1n) is 5.64. The van der Waals surface area contributed by atoms with Crippen molar-refractivity contribution in [1.29, 1.82) is 0 Å². The average molecular weight is 309 g/mol. The van der Waals surface area contributed by atoms with Gasteiger partial charge in [-0.15, -0.1) is 0 Å². The van der Waals surface area contributed by atoms with E-state index in [1.165, 1.54) is 12.1 Å². The van der Waals surface area contributed by atoms with E-state index in [0.717, 1.165) is 5.56 Å². The summed E-state index contributed by atoms with van der Waals surface area (Å²) >= 11 is 11.6. The van der Waals surface area contributed by atoms with Crippen molar-refractivity contribution < 1.29 is 9.90 Å². The van der Waals surface area contributed by atoms with E-state index in [2.05, 4.69) is 10.5 Å². The Labute approximate surface area is 125 Å². The SMILES string of the molecule is O=C(O)c1cc(N/N=C/c2ccc(Cl)cc2)ccc1Cl. The highest BCUT2D eigenvalue weighted by Crippen LogP contribution is 2.20. The van der Waals surface area contributed by atoms with E-state index in [1.54, 1.807) is 24.4 Å². The molecule has 0 aliphatic rings. The molecule has 2 N–H and O–H groups in total. The average Bonchev–Trinajstić information content (AvgIpc) is 2.42. The van der Waals surface area contributed by atoms with Gasteiger partial charge in [0.05, 0.1) is 22.5 Å². The van der Waals surface area contributed by atoms with Gasteiger partial charge < -0.3 is 5.11 Å². The van der Waals surface area contributed by atoms with Crippen LogP contribution in [0.4, 0.5) is 5.69 Å². The Morgan fingerprint density at radius 2 is 1.85 bits per heavy atom. The molecule has 0 amide bonds. The van der Waals surface area contributed by atoms with Crippen LogP contribution < -0.4 is 5.43 Å². The lowest BCUT2D eigenvalue weighted by atomic mass is 10.2. The van der Waals surface area contributed by atoms with Gasteiger partial charge in [0.2, 0.25) is 0 Å². The minimum Gasteiger partial charge on any atom is -0.478 e. The molecule has 2 aromatic carbocycles. The Balaban J connectivity index is 2.09. The van der Waals surface area contributed by atoms with Gasteiger partial charge in [-0.05, 0) is 35.9 Å². The fraction of sp³-hybridized carbons (Fsp3) is 0. The molecular weight excluding hydrogens is 299 g/mol. The minimum absolute atomic E-state index is 0.0263. The van der Waals surface area contributed by atoms with E-state index < -0.39 is 5.97 Å². The number of aromatic carboxylic acids is 1. The maximum absolute atomic E-state index is 10.9. The van der Waals surface area contributed by atoms with E-state index in [-0.39, 0.29) is 10.6 Å². The summed E-state index contributed by atoms with van der Waals surface area (Å²) < 4.78 is 0. The van der Waals surface area contributed by atoms with Gasteiger partial charge in [-0.2, -0.15) is 5.10 Å². The molecule has 0 saturated heterocycles. The zero-order chi connectivity index (χ0) is 14.5. The van der Waals surface area contributed by atoms with E-state index in [1.807, 2.05) is 12.1 Å². The van der Waals surface area contributed by atoms with Gasteiger partial charge in [-0.25, -0.2) is 4.79 Å². The number of hydrogen-bond acceptors (Lipinski definition) is 3. The topological polar surface area (TPSA) is 61.7 Å². The van der Waals surface area contributed by atoms with Gasteiger partial charge in [0.1, 0.15) is 0 Å². The normalized spacial score (nSPS) is 10.7. The van der Waals surface area contributed by atoms with Crippen LogP contribution in [0.25, 0.3) is 0 Å². The van der Waals surface area contributed by atoms with Crippen molar-refractivity contribution in [2.45, 2.75) is 0 Å². The standard InChI is InChI=1S/C14H10Cl2N2O2/c15-10-3-1-9(2-4-10)8-17-18-11-5-6-13(16)12(7-11)14(19)20/h1-8,18H,(H,19,20)/b17-8+. The van der Waals surface area contributed by atoms with E-state index in [9.17, 15) is 4.79 Å². The number of anilines is 1. The molecule has 0 saturated carbocycles. The lowest BCUT2D eigenvalue weighted by Gasteiger charge is -2.03. The molecule has 0 unspecified atom stereocenters. The monoisotopic (exact) mass is 308 g/mol. The van der Waals surface area contributed by atoms with Crippen LogP contribution in [0.3, 0.4) is 0 Å². The second-order valence-corrected chi connectivity index (χ2v) is 4.76. The van der Waals surface area contributed by atoms with Crippen molar-refractivity contribution in [3.8, 4) is 0 Å². The number of hydrazone groups is 1. The molecule has 0 aliphatic carbocycles. The summed E-state index contributed by atoms with van der Waals surface area (Å²) in [5, 5.41) is 13.8. The number of carboxylic acids is 1. The van der Waals surface area contributed by atoms with Gasteiger partial charge in [0.15, 0.2) is 0 Å². The third-order valence-corrected chi connectivity index (χ3v) is 3.06. The molecule has 0 fully saturated rings. The first kappa shape index (κ1) is 14.4. The smallest absolute Gasteiger partial charge is 0.337 e. The fourth-order valence-corrected chi connectivity index (χ4v) is 1.81. The van der Waals surface area contributed by atoms with Crippen LogP contribution >= 0.6 is 23.2 Å². The minimum atomic E-state index is -1.08. The maximum Gasteiger partial charge on any atom is 0.337 e. The lowest BCUT2D eigenvalue weighted by molar-refractivity contribution is 0.0697. The highest BCUT2D eigenvalue weighted by molar-refractivity contribution is 6.33. The summed E-state index contributed by atoms with van der Waals surface area (Å²) in [5.74, 6) is -1.08. The molecule has 0 aromatic heterocycles. The summed E-state index contributed by atoms with van der Waals surface area (Å²) in [5.41, 5.74) is 4.18. The third kappa shape index (κ3) is 3.73. The number of nitrogens with one attached hydrogen (secondary N) is 1. The number of carboxylic acid groups (broad SMARTS) is 1. The largest absolute Gasteiger partial charge is 0.478 e. The molecule has 102 valence electrons. The summed E-state index contributed by atoms with van der Waals surface area (Å²) in [4.78, 5) is 10.9. The van der Waals surface area contributed by atoms with Gasteiger partial charge in [0, 0.05) is 5.02 Å². The Morgan fingerprint density at radius 3 is 2.50 bits per heavy atom. The molecule has 0 atom stereocenters. The molecule has 20 heavy (non-hydrogen) atoms. The molecule has 2 rings (SSSR count). The first-order valence-corrected chi connectivity index (χ1v) is 6.39. The molecule has 6 heteroatoms. The number of rotatable bonds is 4. The molecule has 0 aliphatic heterocycles. The highest BCUT2D eigenvalue weighted by Gasteiger charge is 2.08. The lowest BCUT2D eigenvalue weighted by Crippen LogP contribution is -1.99.